The molecule has 0 aliphatic carbocycles. The monoisotopic (exact) mass is 345 g/mol. The Morgan fingerprint density at radius 3 is 2.64 bits per heavy atom. The summed E-state index contributed by atoms with van der Waals surface area (Å²) in [5.41, 5.74) is 7.30. The Morgan fingerprint density at radius 2 is 1.96 bits per heavy atom. The van der Waals surface area contributed by atoms with E-state index in [1.54, 1.807) is 35.9 Å². The predicted octanol–water partition coefficient (Wildman–Crippen LogP) is 2.53. The number of primary amides is 1. The smallest absolute Gasteiger partial charge is 0.355 e. The average molecular weight is 345 g/mol. The highest BCUT2D eigenvalue weighted by molar-refractivity contribution is 5.89. The maximum absolute atomic E-state index is 13.1. The van der Waals surface area contributed by atoms with Gasteiger partial charge < -0.3 is 19.9 Å². The van der Waals surface area contributed by atoms with Crippen molar-refractivity contribution in [2.24, 2.45) is 12.8 Å². The lowest BCUT2D eigenvalue weighted by atomic mass is 10.1. The molecule has 1 aliphatic heterocycles. The molecule has 2 amide bonds. The minimum atomic E-state index is -0.490. The van der Waals surface area contributed by atoms with Crippen LogP contribution in [0.3, 0.4) is 0 Å². The van der Waals surface area contributed by atoms with Crippen molar-refractivity contribution in [3.8, 4) is 11.3 Å². The molecule has 1 atom stereocenters. The second-order valence-corrected chi connectivity index (χ2v) is 6.10. The first-order chi connectivity index (χ1) is 12.0. The number of esters is 1. The van der Waals surface area contributed by atoms with Gasteiger partial charge in [-0.1, -0.05) is 0 Å². The molecule has 2 aromatic rings. The van der Waals surface area contributed by atoms with Gasteiger partial charge in [-0.15, -0.1) is 0 Å². The van der Waals surface area contributed by atoms with Gasteiger partial charge in [0.15, 0.2) is 0 Å². The third-order valence-electron chi connectivity index (χ3n) is 4.54. The normalized spacial score (nSPS) is 16.9. The molecular formula is C18H20FN3O3. The maximum Gasteiger partial charge on any atom is 0.355 e. The Bertz CT molecular complexity index is 785. The molecule has 1 fully saturated rings. The third-order valence-corrected chi connectivity index (χ3v) is 4.54. The summed E-state index contributed by atoms with van der Waals surface area (Å²) in [6.07, 6.45) is 1.62. The van der Waals surface area contributed by atoms with Crippen LogP contribution in [0.2, 0.25) is 0 Å². The maximum atomic E-state index is 13.1. The van der Waals surface area contributed by atoms with Crippen LogP contribution in [0.25, 0.3) is 11.3 Å². The number of aromatic nitrogens is 1. The molecule has 2 N–H and O–H groups in total. The van der Waals surface area contributed by atoms with E-state index in [2.05, 4.69) is 0 Å². The second kappa shape index (κ2) is 6.96. The van der Waals surface area contributed by atoms with E-state index in [1.807, 2.05) is 0 Å². The van der Waals surface area contributed by atoms with Crippen LogP contribution in [-0.4, -0.2) is 40.7 Å². The zero-order chi connectivity index (χ0) is 18.0. The summed E-state index contributed by atoms with van der Waals surface area (Å²) >= 11 is 0. The summed E-state index contributed by atoms with van der Waals surface area (Å²) in [7, 11) is 1.75. The summed E-state index contributed by atoms with van der Waals surface area (Å²) < 4.78 is 20.1. The quantitative estimate of drug-likeness (QED) is 0.865. The molecule has 1 unspecified atom stereocenters. The number of amides is 2. The van der Waals surface area contributed by atoms with E-state index in [4.69, 9.17) is 10.5 Å². The van der Waals surface area contributed by atoms with E-state index in [0.29, 0.717) is 12.2 Å². The molecule has 7 heteroatoms. The van der Waals surface area contributed by atoms with E-state index in [0.717, 1.165) is 24.1 Å². The molecule has 0 spiro atoms. The summed E-state index contributed by atoms with van der Waals surface area (Å²) in [5.74, 6) is -0.777. The largest absolute Gasteiger partial charge is 0.459 e. The van der Waals surface area contributed by atoms with Gasteiger partial charge in [0.1, 0.15) is 18.1 Å². The Kier molecular flexibility index (Phi) is 4.74. The molecule has 0 bridgehead atoms. The zero-order valence-electron chi connectivity index (χ0n) is 13.9. The van der Waals surface area contributed by atoms with Crippen molar-refractivity contribution in [3.05, 3.63) is 47.9 Å². The molecule has 132 valence electrons. The standard InChI is InChI=1S/C18H20FN3O3/c1-21-15(12-4-6-13(19)7-5-12)8-9-16(21)17(23)25-11-14-3-2-10-22(14)18(20)24/h4-9,14H,2-3,10-11H2,1H3,(H2,20,24). The van der Waals surface area contributed by atoms with Crippen LogP contribution in [0.5, 0.6) is 0 Å². The van der Waals surface area contributed by atoms with Gasteiger partial charge in [-0.05, 0) is 54.8 Å². The van der Waals surface area contributed by atoms with E-state index in [1.165, 1.54) is 17.0 Å². The van der Waals surface area contributed by atoms with E-state index >= 15 is 0 Å². The number of benzene rings is 1. The van der Waals surface area contributed by atoms with Gasteiger partial charge in [-0.3, -0.25) is 0 Å². The first kappa shape index (κ1) is 17.0. The molecule has 0 saturated carbocycles. The average Bonchev–Trinajstić information content (AvgIpc) is 3.20. The minimum absolute atomic E-state index is 0.124. The number of carbonyl (C=O) groups excluding carboxylic acids is 2. The van der Waals surface area contributed by atoms with Crippen LogP contribution < -0.4 is 5.73 Å². The molecule has 6 nitrogen and oxygen atoms in total. The number of hydrogen-bond donors (Lipinski definition) is 1. The van der Waals surface area contributed by atoms with Crippen molar-refractivity contribution in [3.63, 3.8) is 0 Å². The molecule has 1 aliphatic rings. The number of nitrogens with two attached hydrogens (primary N) is 1. The molecule has 25 heavy (non-hydrogen) atoms. The fourth-order valence-electron chi connectivity index (χ4n) is 3.17. The van der Waals surface area contributed by atoms with Gasteiger partial charge in [0, 0.05) is 19.3 Å². The van der Waals surface area contributed by atoms with Crippen molar-refractivity contribution in [1.29, 1.82) is 0 Å². The summed E-state index contributed by atoms with van der Waals surface area (Å²) in [5, 5.41) is 0. The van der Waals surface area contributed by atoms with E-state index < -0.39 is 12.0 Å². The molecule has 0 radical (unpaired) electrons. The highest BCUT2D eigenvalue weighted by Crippen LogP contribution is 2.23. The highest BCUT2D eigenvalue weighted by atomic mass is 19.1. The van der Waals surface area contributed by atoms with Gasteiger partial charge in [0.2, 0.25) is 0 Å². The molecule has 3 rings (SSSR count). The Balaban J connectivity index is 1.69. The number of carbonyl (C=O) groups is 2. The lowest BCUT2D eigenvalue weighted by Crippen LogP contribution is -2.42. The third kappa shape index (κ3) is 3.50. The Morgan fingerprint density at radius 1 is 1.24 bits per heavy atom. The van der Waals surface area contributed by atoms with Crippen LogP contribution in [0.1, 0.15) is 23.3 Å². The van der Waals surface area contributed by atoms with Crippen LogP contribution in [0, 0.1) is 5.82 Å². The zero-order valence-corrected chi connectivity index (χ0v) is 13.9. The van der Waals surface area contributed by atoms with Crippen molar-refractivity contribution in [2.75, 3.05) is 13.2 Å². The number of nitrogens with zero attached hydrogens (tertiary/aromatic N) is 2. The van der Waals surface area contributed by atoms with Gasteiger partial charge in [0.25, 0.3) is 0 Å². The van der Waals surface area contributed by atoms with E-state index in [-0.39, 0.29) is 18.5 Å². The van der Waals surface area contributed by atoms with Crippen LogP contribution in [0.4, 0.5) is 9.18 Å². The van der Waals surface area contributed by atoms with Crippen molar-refractivity contribution in [2.45, 2.75) is 18.9 Å². The lowest BCUT2D eigenvalue weighted by molar-refractivity contribution is 0.0411. The topological polar surface area (TPSA) is 77.6 Å². The van der Waals surface area contributed by atoms with Crippen LogP contribution in [-0.2, 0) is 11.8 Å². The highest BCUT2D eigenvalue weighted by Gasteiger charge is 2.28. The summed E-state index contributed by atoms with van der Waals surface area (Å²) in [6.45, 7) is 0.718. The molecule has 1 aromatic heterocycles. The Labute approximate surface area is 145 Å². The van der Waals surface area contributed by atoms with Gasteiger partial charge in [-0.2, -0.15) is 0 Å². The fourth-order valence-corrected chi connectivity index (χ4v) is 3.17. The Hall–Kier alpha value is -2.83. The van der Waals surface area contributed by atoms with Crippen LogP contribution >= 0.6 is 0 Å². The molecule has 1 saturated heterocycles. The van der Waals surface area contributed by atoms with Gasteiger partial charge >= 0.3 is 12.0 Å². The van der Waals surface area contributed by atoms with Gasteiger partial charge in [0.05, 0.1) is 6.04 Å². The number of rotatable bonds is 4. The van der Waals surface area contributed by atoms with Gasteiger partial charge in [-0.25, -0.2) is 14.0 Å². The fraction of sp³-hybridized carbons (Fsp3) is 0.333. The van der Waals surface area contributed by atoms with Crippen LogP contribution in [0.15, 0.2) is 36.4 Å². The van der Waals surface area contributed by atoms with Crippen molar-refractivity contribution >= 4 is 12.0 Å². The van der Waals surface area contributed by atoms with E-state index in [9.17, 15) is 14.0 Å². The summed E-state index contributed by atoms with van der Waals surface area (Å²) in [4.78, 5) is 25.2. The number of halogens is 1. The van der Waals surface area contributed by atoms with Crippen molar-refractivity contribution in [1.82, 2.24) is 9.47 Å². The number of urea groups is 1. The number of ether oxygens (including phenoxy) is 1. The molecule has 1 aromatic carbocycles. The second-order valence-electron chi connectivity index (χ2n) is 6.10. The SMILES string of the molecule is Cn1c(C(=O)OCC2CCCN2C(N)=O)ccc1-c1ccc(F)cc1. The predicted molar refractivity (Wildman–Crippen MR) is 90.4 cm³/mol. The first-order valence-corrected chi connectivity index (χ1v) is 8.12. The first-order valence-electron chi connectivity index (χ1n) is 8.12. The number of likely N-dealkylation sites (tertiary alicyclic amines) is 1. The molecular weight excluding hydrogens is 325 g/mol. The number of hydrogen-bond acceptors (Lipinski definition) is 3. The molecule has 2 heterocycles. The lowest BCUT2D eigenvalue weighted by Gasteiger charge is -2.22. The minimum Gasteiger partial charge on any atom is -0.459 e. The summed E-state index contributed by atoms with van der Waals surface area (Å²) in [6, 6.07) is 8.86. The van der Waals surface area contributed by atoms with Crippen molar-refractivity contribution < 1.29 is 18.7 Å².